The van der Waals surface area contributed by atoms with E-state index in [0.717, 1.165) is 6.54 Å². The molecule has 0 saturated carbocycles. The summed E-state index contributed by atoms with van der Waals surface area (Å²) in [6.45, 7) is 7.54. The Morgan fingerprint density at radius 1 is 1.36 bits per heavy atom. The number of rotatable bonds is 3. The molecule has 3 nitrogen and oxygen atoms in total. The van der Waals surface area contributed by atoms with Gasteiger partial charge < -0.3 is 10.4 Å². The molecule has 0 aromatic carbocycles. The van der Waals surface area contributed by atoms with Gasteiger partial charge in [0.05, 0.1) is 5.60 Å². The average molecular weight is 221 g/mol. The van der Waals surface area contributed by atoms with Crippen LogP contribution in [-0.2, 0) is 10.8 Å². The van der Waals surface area contributed by atoms with Gasteiger partial charge in [0.25, 0.3) is 0 Å². The molecule has 0 bridgehead atoms. The van der Waals surface area contributed by atoms with Crippen LogP contribution in [0.2, 0.25) is 0 Å². The van der Waals surface area contributed by atoms with Gasteiger partial charge in [-0.25, -0.2) is 0 Å². The van der Waals surface area contributed by atoms with Gasteiger partial charge in [-0.1, -0.05) is 20.8 Å². The Hall–Kier alpha value is 0.0700. The molecule has 1 saturated heterocycles. The quantitative estimate of drug-likeness (QED) is 0.744. The van der Waals surface area contributed by atoms with Gasteiger partial charge in [-0.2, -0.15) is 0 Å². The summed E-state index contributed by atoms with van der Waals surface area (Å²) in [5.74, 6) is 1.31. The number of hydrogen-bond donors (Lipinski definition) is 2. The summed E-state index contributed by atoms with van der Waals surface area (Å²) in [7, 11) is -0.680. The molecule has 0 atom stereocenters. The highest BCUT2D eigenvalue weighted by Crippen LogP contribution is 2.20. The third kappa shape index (κ3) is 5.08. The lowest BCUT2D eigenvalue weighted by Crippen LogP contribution is -2.45. The lowest BCUT2D eigenvalue weighted by molar-refractivity contribution is 0.0320. The molecule has 2 N–H and O–H groups in total. The fourth-order valence-electron chi connectivity index (χ4n) is 1.37. The Balaban J connectivity index is 0.000000791. The van der Waals surface area contributed by atoms with Gasteiger partial charge >= 0.3 is 0 Å². The van der Waals surface area contributed by atoms with Crippen molar-refractivity contribution < 1.29 is 9.32 Å². The van der Waals surface area contributed by atoms with Crippen LogP contribution in [0.3, 0.4) is 0 Å². The zero-order chi connectivity index (χ0) is 11.0. The Morgan fingerprint density at radius 2 is 1.86 bits per heavy atom. The molecule has 0 aliphatic carbocycles. The van der Waals surface area contributed by atoms with Gasteiger partial charge in [-0.3, -0.25) is 4.21 Å². The fourth-order valence-corrected chi connectivity index (χ4v) is 2.79. The molecule has 1 aliphatic rings. The molecule has 86 valence electrons. The number of hydrogen-bond acceptors (Lipinski definition) is 3. The lowest BCUT2D eigenvalue weighted by Gasteiger charge is -2.31. The van der Waals surface area contributed by atoms with E-state index >= 15 is 0 Å². The van der Waals surface area contributed by atoms with Gasteiger partial charge in [0.1, 0.15) is 0 Å². The number of nitrogens with one attached hydrogen (secondary N) is 1. The van der Waals surface area contributed by atoms with Crippen molar-refractivity contribution in [2.75, 3.05) is 24.6 Å². The Kier molecular flexibility index (Phi) is 7.41. The van der Waals surface area contributed by atoms with E-state index < -0.39 is 16.4 Å². The van der Waals surface area contributed by atoms with Crippen LogP contribution in [0.1, 0.15) is 33.6 Å². The van der Waals surface area contributed by atoms with E-state index in [1.165, 1.54) is 0 Å². The second-order valence-corrected chi connectivity index (χ2v) is 5.05. The first kappa shape index (κ1) is 14.1. The van der Waals surface area contributed by atoms with Crippen molar-refractivity contribution in [2.24, 2.45) is 0 Å². The lowest BCUT2D eigenvalue weighted by atomic mass is 9.97. The van der Waals surface area contributed by atoms with Crippen molar-refractivity contribution in [1.29, 1.82) is 0 Å². The topological polar surface area (TPSA) is 49.3 Å². The van der Waals surface area contributed by atoms with E-state index in [0.29, 0.717) is 30.9 Å². The normalized spacial score (nSPS) is 31.9. The van der Waals surface area contributed by atoms with Crippen molar-refractivity contribution >= 4 is 10.8 Å². The van der Waals surface area contributed by atoms with E-state index in [1.54, 1.807) is 0 Å². The maximum atomic E-state index is 11.0. The molecular formula is C10H23NO2S. The van der Waals surface area contributed by atoms with E-state index in [9.17, 15) is 9.32 Å². The first-order valence-electron chi connectivity index (χ1n) is 5.44. The zero-order valence-corrected chi connectivity index (χ0v) is 10.3. The van der Waals surface area contributed by atoms with Crippen molar-refractivity contribution in [3.05, 3.63) is 0 Å². The first-order valence-corrected chi connectivity index (χ1v) is 6.93. The van der Waals surface area contributed by atoms with Gasteiger partial charge in [-0.15, -0.1) is 0 Å². The molecule has 0 spiro atoms. The monoisotopic (exact) mass is 221 g/mol. The standard InChI is InChI=1S/C8H17NO2S.C2H6/c1-2-9-7-8(10)3-5-12(11)6-4-8;1-2/h9-10H,2-7H2,1H3;1-2H3. The van der Waals surface area contributed by atoms with Crippen LogP contribution >= 0.6 is 0 Å². The predicted molar refractivity (Wildman–Crippen MR) is 62.0 cm³/mol. The summed E-state index contributed by atoms with van der Waals surface area (Å²) >= 11 is 0. The van der Waals surface area contributed by atoms with Crippen molar-refractivity contribution in [3.8, 4) is 0 Å². The van der Waals surface area contributed by atoms with Crippen LogP contribution in [-0.4, -0.2) is 39.5 Å². The highest BCUT2D eigenvalue weighted by atomic mass is 32.2. The molecule has 0 radical (unpaired) electrons. The first-order chi connectivity index (χ1) is 6.66. The molecule has 0 unspecified atom stereocenters. The van der Waals surface area contributed by atoms with Crippen molar-refractivity contribution in [1.82, 2.24) is 5.32 Å². The van der Waals surface area contributed by atoms with Crippen LogP contribution in [0.4, 0.5) is 0 Å². The van der Waals surface area contributed by atoms with E-state index in [1.807, 2.05) is 20.8 Å². The van der Waals surface area contributed by atoms with Crippen LogP contribution in [0.5, 0.6) is 0 Å². The van der Waals surface area contributed by atoms with Crippen LogP contribution in [0.25, 0.3) is 0 Å². The molecule has 14 heavy (non-hydrogen) atoms. The maximum Gasteiger partial charge on any atom is 0.0789 e. The Labute approximate surface area is 89.7 Å². The minimum Gasteiger partial charge on any atom is -0.388 e. The predicted octanol–water partition coefficient (Wildman–Crippen LogP) is 0.896. The molecule has 0 aromatic heterocycles. The Bertz CT molecular complexity index is 164. The minimum atomic E-state index is -0.680. The summed E-state index contributed by atoms with van der Waals surface area (Å²) in [5.41, 5.74) is -0.593. The molecule has 4 heteroatoms. The summed E-state index contributed by atoms with van der Waals surface area (Å²) in [6.07, 6.45) is 1.35. The minimum absolute atomic E-state index is 0.593. The van der Waals surface area contributed by atoms with Gasteiger partial charge in [0.15, 0.2) is 0 Å². The van der Waals surface area contributed by atoms with Crippen LogP contribution in [0, 0.1) is 0 Å². The Morgan fingerprint density at radius 3 is 2.29 bits per heavy atom. The summed E-state index contributed by atoms with van der Waals surface area (Å²) in [5, 5.41) is 13.0. The summed E-state index contributed by atoms with van der Waals surface area (Å²) < 4.78 is 11.0. The molecule has 1 heterocycles. The fraction of sp³-hybridized carbons (Fsp3) is 1.00. The van der Waals surface area contributed by atoms with Gasteiger partial charge in [-0.05, 0) is 19.4 Å². The van der Waals surface area contributed by atoms with Crippen LogP contribution < -0.4 is 5.32 Å². The third-order valence-corrected chi connectivity index (χ3v) is 3.61. The second-order valence-electron chi connectivity index (χ2n) is 3.35. The highest BCUT2D eigenvalue weighted by molar-refractivity contribution is 7.85. The molecular weight excluding hydrogens is 198 g/mol. The smallest absolute Gasteiger partial charge is 0.0789 e. The molecule has 0 aromatic rings. The second kappa shape index (κ2) is 7.37. The largest absolute Gasteiger partial charge is 0.388 e. The van der Waals surface area contributed by atoms with Crippen LogP contribution in [0.15, 0.2) is 0 Å². The molecule has 1 rings (SSSR count). The SMILES string of the molecule is CC.CCNCC1(O)CCS(=O)CC1. The van der Waals surface area contributed by atoms with E-state index in [2.05, 4.69) is 5.32 Å². The summed E-state index contributed by atoms with van der Waals surface area (Å²) in [4.78, 5) is 0. The zero-order valence-electron chi connectivity index (χ0n) is 9.51. The summed E-state index contributed by atoms with van der Waals surface area (Å²) in [6, 6.07) is 0. The third-order valence-electron chi connectivity index (χ3n) is 2.29. The van der Waals surface area contributed by atoms with E-state index in [-0.39, 0.29) is 0 Å². The van der Waals surface area contributed by atoms with Crippen molar-refractivity contribution in [3.63, 3.8) is 0 Å². The number of likely N-dealkylation sites (N-methyl/N-ethyl adjacent to an activating group) is 1. The number of aliphatic hydroxyl groups is 1. The highest BCUT2D eigenvalue weighted by Gasteiger charge is 2.31. The molecule has 0 amide bonds. The average Bonchev–Trinajstić information content (AvgIpc) is 2.23. The van der Waals surface area contributed by atoms with E-state index in [4.69, 9.17) is 0 Å². The molecule has 1 aliphatic heterocycles. The van der Waals surface area contributed by atoms with Gasteiger partial charge in [0, 0.05) is 28.9 Å². The maximum absolute atomic E-state index is 11.0. The molecule has 1 fully saturated rings. The van der Waals surface area contributed by atoms with Crippen molar-refractivity contribution in [2.45, 2.75) is 39.2 Å². The van der Waals surface area contributed by atoms with Gasteiger partial charge in [0.2, 0.25) is 0 Å².